The molecule has 1 N–H and O–H groups in total. The monoisotopic (exact) mass is 395 g/mol. The van der Waals surface area contributed by atoms with Gasteiger partial charge in [-0.3, -0.25) is 14.5 Å². The third-order valence-corrected chi connectivity index (χ3v) is 5.67. The molecule has 0 radical (unpaired) electrons. The summed E-state index contributed by atoms with van der Waals surface area (Å²) < 4.78 is 40.2. The number of halogens is 2. The minimum Gasteiger partial charge on any atom is -0.340 e. The van der Waals surface area contributed by atoms with Crippen LogP contribution in [0.3, 0.4) is 0 Å². The van der Waals surface area contributed by atoms with Crippen molar-refractivity contribution in [1.82, 2.24) is 9.62 Å². The molecule has 0 atom stereocenters. The highest BCUT2D eigenvalue weighted by Gasteiger charge is 2.30. The summed E-state index contributed by atoms with van der Waals surface area (Å²) in [6.07, 6.45) is 0. The highest BCUT2D eigenvalue weighted by Crippen LogP contribution is 2.22. The van der Waals surface area contributed by atoms with Gasteiger partial charge in [-0.1, -0.05) is 29.8 Å². The molecule has 136 valence electrons. The van der Waals surface area contributed by atoms with Crippen molar-refractivity contribution in [2.24, 2.45) is 4.99 Å². The lowest BCUT2D eigenvalue weighted by atomic mass is 10.2. The van der Waals surface area contributed by atoms with Gasteiger partial charge >= 0.3 is 0 Å². The minimum absolute atomic E-state index is 0.0164. The molecule has 0 saturated carbocycles. The molecular formula is C17H15ClFN3O3S. The Labute approximate surface area is 155 Å². The number of amidine groups is 1. The fourth-order valence-corrected chi connectivity index (χ4v) is 4.00. The lowest BCUT2D eigenvalue weighted by Crippen LogP contribution is -2.30. The normalized spacial score (nSPS) is 16.2. The summed E-state index contributed by atoms with van der Waals surface area (Å²) in [5.41, 5.74) is 0.629. The van der Waals surface area contributed by atoms with Crippen LogP contribution in [-0.4, -0.2) is 38.7 Å². The van der Waals surface area contributed by atoms with Crippen molar-refractivity contribution in [2.75, 3.05) is 13.6 Å². The Bertz CT molecular complexity index is 988. The average molecular weight is 396 g/mol. The van der Waals surface area contributed by atoms with E-state index in [9.17, 15) is 17.6 Å². The Hall–Kier alpha value is -2.45. The summed E-state index contributed by atoms with van der Waals surface area (Å²) in [6.45, 7) is -0.299. The molecule has 0 unspecified atom stereocenters. The first-order chi connectivity index (χ1) is 12.3. The van der Waals surface area contributed by atoms with Crippen LogP contribution in [0.4, 0.5) is 4.39 Å². The predicted octanol–water partition coefficient (Wildman–Crippen LogP) is 2.18. The Balaban J connectivity index is 1.74. The number of aliphatic imine (C=N–C) groups is 1. The molecule has 26 heavy (non-hydrogen) atoms. The number of hydrogen-bond donors (Lipinski definition) is 1. The number of likely N-dealkylation sites (N-methyl/N-ethyl adjacent to an activating group) is 1. The summed E-state index contributed by atoms with van der Waals surface area (Å²) in [5.74, 6) is -0.785. The number of sulfonamides is 1. The van der Waals surface area contributed by atoms with Crippen molar-refractivity contribution in [3.8, 4) is 0 Å². The van der Waals surface area contributed by atoms with Crippen LogP contribution in [0.1, 0.15) is 11.1 Å². The lowest BCUT2D eigenvalue weighted by molar-refractivity contribution is -0.128. The number of benzene rings is 2. The lowest BCUT2D eigenvalue weighted by Gasteiger charge is -2.17. The molecule has 0 aliphatic carbocycles. The molecular weight excluding hydrogens is 381 g/mol. The molecule has 1 aliphatic rings. The van der Waals surface area contributed by atoms with Crippen LogP contribution in [0.5, 0.6) is 0 Å². The molecule has 0 saturated heterocycles. The Morgan fingerprint density at radius 3 is 2.69 bits per heavy atom. The maximum atomic E-state index is 13.8. The Kier molecular flexibility index (Phi) is 4.97. The number of fused-ring (bicyclic) bond motifs is 1. The molecule has 1 heterocycles. The molecule has 0 bridgehead atoms. The first-order valence-electron chi connectivity index (χ1n) is 7.63. The number of nitrogens with one attached hydrogen (secondary N) is 1. The summed E-state index contributed by atoms with van der Waals surface area (Å²) in [6, 6.07) is 10.7. The van der Waals surface area contributed by atoms with Crippen LogP contribution >= 0.6 is 11.6 Å². The summed E-state index contributed by atoms with van der Waals surface area (Å²) in [5, 5.41) is 0.230. The fraction of sp³-hybridized carbons (Fsp3) is 0.176. The van der Waals surface area contributed by atoms with Gasteiger partial charge in [0.15, 0.2) is 0 Å². The molecule has 9 heteroatoms. The molecule has 1 aliphatic heterocycles. The fourth-order valence-electron chi connectivity index (χ4n) is 2.53. The molecule has 0 aromatic heterocycles. The smallest absolute Gasteiger partial charge is 0.263 e. The van der Waals surface area contributed by atoms with E-state index in [1.165, 1.54) is 30.1 Å². The van der Waals surface area contributed by atoms with Gasteiger partial charge in [-0.05, 0) is 24.3 Å². The first kappa shape index (κ1) is 18.3. The van der Waals surface area contributed by atoms with Gasteiger partial charge in [0.25, 0.3) is 10.0 Å². The van der Waals surface area contributed by atoms with Crippen LogP contribution < -0.4 is 4.72 Å². The van der Waals surface area contributed by atoms with E-state index < -0.39 is 21.7 Å². The number of carbonyl (C=O) groups excluding carboxylic acids is 1. The van der Waals surface area contributed by atoms with Crippen molar-refractivity contribution in [2.45, 2.75) is 11.4 Å². The highest BCUT2D eigenvalue weighted by molar-refractivity contribution is 7.90. The molecule has 6 nitrogen and oxygen atoms in total. The number of carbonyl (C=O) groups is 1. The van der Waals surface area contributed by atoms with E-state index in [0.717, 1.165) is 0 Å². The average Bonchev–Trinajstić information content (AvgIpc) is 2.87. The highest BCUT2D eigenvalue weighted by atomic mass is 35.5. The number of nitrogens with zero attached hydrogens (tertiary/aromatic N) is 2. The quantitative estimate of drug-likeness (QED) is 0.861. The maximum absolute atomic E-state index is 13.8. The largest absolute Gasteiger partial charge is 0.340 e. The third-order valence-electron chi connectivity index (χ3n) is 3.92. The van der Waals surface area contributed by atoms with Crippen LogP contribution in [0.25, 0.3) is 0 Å². The summed E-state index contributed by atoms with van der Waals surface area (Å²) >= 11 is 5.96. The molecule has 1 amide bonds. The third kappa shape index (κ3) is 3.56. The van der Waals surface area contributed by atoms with Crippen molar-refractivity contribution >= 4 is 33.4 Å². The second-order valence-corrected chi connectivity index (χ2v) is 7.77. The van der Waals surface area contributed by atoms with Crippen molar-refractivity contribution in [3.63, 3.8) is 0 Å². The van der Waals surface area contributed by atoms with Gasteiger partial charge in [-0.25, -0.2) is 12.8 Å². The van der Waals surface area contributed by atoms with Crippen molar-refractivity contribution < 1.29 is 17.6 Å². The molecule has 0 fully saturated rings. The van der Waals surface area contributed by atoms with Crippen LogP contribution in [0.2, 0.25) is 5.02 Å². The Morgan fingerprint density at radius 2 is 1.96 bits per heavy atom. The molecule has 0 spiro atoms. The van der Waals surface area contributed by atoms with Crippen molar-refractivity contribution in [3.05, 3.63) is 64.4 Å². The van der Waals surface area contributed by atoms with E-state index in [1.54, 1.807) is 24.3 Å². The van der Waals surface area contributed by atoms with Gasteiger partial charge in [0.1, 0.15) is 18.2 Å². The molecule has 2 aromatic carbocycles. The maximum Gasteiger partial charge on any atom is 0.263 e. The van der Waals surface area contributed by atoms with Crippen LogP contribution in [0.15, 0.2) is 52.4 Å². The van der Waals surface area contributed by atoms with E-state index in [4.69, 9.17) is 11.6 Å². The number of hydrogen-bond acceptors (Lipinski definition) is 4. The molecule has 2 aromatic rings. The topological polar surface area (TPSA) is 78.8 Å². The predicted molar refractivity (Wildman–Crippen MR) is 96.1 cm³/mol. The van der Waals surface area contributed by atoms with Crippen LogP contribution in [-0.2, 0) is 21.4 Å². The van der Waals surface area contributed by atoms with Gasteiger partial charge in [0.05, 0.1) is 4.90 Å². The Morgan fingerprint density at radius 1 is 1.23 bits per heavy atom. The van der Waals surface area contributed by atoms with Gasteiger partial charge in [0, 0.05) is 29.7 Å². The summed E-state index contributed by atoms with van der Waals surface area (Å²) in [7, 11) is -2.16. The molecule has 3 rings (SSSR count). The van der Waals surface area contributed by atoms with Gasteiger partial charge in [0.2, 0.25) is 5.91 Å². The number of amides is 1. The van der Waals surface area contributed by atoms with E-state index in [2.05, 4.69) is 9.71 Å². The van der Waals surface area contributed by atoms with Gasteiger partial charge in [-0.2, -0.15) is 0 Å². The zero-order valence-corrected chi connectivity index (χ0v) is 15.3. The zero-order chi connectivity index (χ0) is 18.9. The minimum atomic E-state index is -3.66. The van der Waals surface area contributed by atoms with E-state index in [-0.39, 0.29) is 34.4 Å². The standard InChI is InChI=1S/C17H15ClFN3O3S/c1-22(10-12-13(18)6-4-7-14(12)19)16(23)9-20-17-11-5-2-3-8-15(11)26(24,25)21-17/h2-8H,9-10H2,1H3,(H,20,21). The second-order valence-electron chi connectivity index (χ2n) is 5.72. The van der Waals surface area contributed by atoms with E-state index in [0.29, 0.717) is 5.56 Å². The first-order valence-corrected chi connectivity index (χ1v) is 9.49. The van der Waals surface area contributed by atoms with Crippen LogP contribution in [0, 0.1) is 5.82 Å². The van der Waals surface area contributed by atoms with Gasteiger partial charge in [-0.15, -0.1) is 0 Å². The van der Waals surface area contributed by atoms with E-state index >= 15 is 0 Å². The SMILES string of the molecule is CN(Cc1c(F)cccc1Cl)C(=O)CN=C1NS(=O)(=O)c2ccccc21. The van der Waals surface area contributed by atoms with E-state index in [1.807, 2.05) is 0 Å². The van der Waals surface area contributed by atoms with Gasteiger partial charge < -0.3 is 4.90 Å². The number of rotatable bonds is 4. The van der Waals surface area contributed by atoms with Crippen molar-refractivity contribution in [1.29, 1.82) is 0 Å². The zero-order valence-electron chi connectivity index (χ0n) is 13.7. The second kappa shape index (κ2) is 7.05. The summed E-state index contributed by atoms with van der Waals surface area (Å²) in [4.78, 5) is 17.8.